The number of nitrogens with zero attached hydrogens (tertiary/aromatic N) is 4. The molecule has 1 aromatic carbocycles. The number of para-hydroxylation sites is 1. The smallest absolute Gasteiger partial charge is 0.224 e. The van der Waals surface area contributed by atoms with Gasteiger partial charge in [-0.05, 0) is 50.7 Å². The summed E-state index contributed by atoms with van der Waals surface area (Å²) < 4.78 is 16.5. The zero-order valence-electron chi connectivity index (χ0n) is 21.4. The first-order valence-electron chi connectivity index (χ1n) is 13.6. The first kappa shape index (κ1) is 26.3. The minimum absolute atomic E-state index is 0.0128. The van der Waals surface area contributed by atoms with Crippen molar-refractivity contribution in [1.29, 1.82) is 0 Å². The molecule has 1 amide bonds. The van der Waals surface area contributed by atoms with Crippen LogP contribution in [0.25, 0.3) is 11.2 Å². The molecule has 5 N–H and O–H groups in total. The molecule has 0 saturated heterocycles. The monoisotopic (exact) mass is 525 g/mol. The van der Waals surface area contributed by atoms with Crippen LogP contribution in [0.4, 0.5) is 22.0 Å². The van der Waals surface area contributed by atoms with Crippen LogP contribution in [-0.2, 0) is 4.79 Å². The number of anilines is 3. The maximum absolute atomic E-state index is 14.5. The number of amides is 1. The van der Waals surface area contributed by atoms with Gasteiger partial charge in [0.1, 0.15) is 11.3 Å². The number of aromatic nitrogens is 4. The van der Waals surface area contributed by atoms with Crippen LogP contribution in [0.1, 0.15) is 63.8 Å². The summed E-state index contributed by atoms with van der Waals surface area (Å²) in [6, 6.07) is 6.85. The number of hydrogen-bond acceptors (Lipinski definition) is 8. The van der Waals surface area contributed by atoms with E-state index in [1.807, 2.05) is 4.57 Å². The SMILES string of the molecule is O=C(NC[C@H](O)CO)[C@H]1CC[C@@H](n2c(Nc3ccccc3F)nc3cnc(NC4CCCCC4)nc32)CC1. The molecule has 2 saturated carbocycles. The average Bonchev–Trinajstić information content (AvgIpc) is 3.30. The van der Waals surface area contributed by atoms with Crippen molar-refractivity contribution < 1.29 is 19.4 Å². The van der Waals surface area contributed by atoms with Gasteiger partial charge in [0.15, 0.2) is 5.65 Å². The Labute approximate surface area is 221 Å². The van der Waals surface area contributed by atoms with Gasteiger partial charge >= 0.3 is 0 Å². The van der Waals surface area contributed by atoms with Crippen LogP contribution >= 0.6 is 0 Å². The summed E-state index contributed by atoms with van der Waals surface area (Å²) in [6.07, 6.45) is 9.35. The fraction of sp³-hybridized carbons (Fsp3) is 0.556. The van der Waals surface area contributed by atoms with Crippen molar-refractivity contribution in [1.82, 2.24) is 24.8 Å². The Balaban J connectivity index is 1.39. The van der Waals surface area contributed by atoms with E-state index in [9.17, 15) is 14.3 Å². The van der Waals surface area contributed by atoms with Crippen LogP contribution < -0.4 is 16.0 Å². The third kappa shape index (κ3) is 6.05. The summed E-state index contributed by atoms with van der Waals surface area (Å²) in [5.41, 5.74) is 1.63. The molecule has 2 aliphatic rings. The van der Waals surface area contributed by atoms with Gasteiger partial charge in [0.05, 0.1) is 24.6 Å². The number of benzene rings is 1. The predicted molar refractivity (Wildman–Crippen MR) is 143 cm³/mol. The van der Waals surface area contributed by atoms with E-state index in [2.05, 4.69) is 20.9 Å². The van der Waals surface area contributed by atoms with Crippen molar-refractivity contribution in [3.63, 3.8) is 0 Å². The molecule has 0 spiro atoms. The quantitative estimate of drug-likeness (QED) is 0.286. The number of rotatable bonds is 9. The number of imidazole rings is 1. The number of carbonyl (C=O) groups excluding carboxylic acids is 1. The lowest BCUT2D eigenvalue weighted by atomic mass is 9.85. The summed E-state index contributed by atoms with van der Waals surface area (Å²) in [5, 5.41) is 27.9. The standard InChI is InChI=1S/C27H36FN7O3/c28-21-8-4-5-9-22(21)32-27-33-23-15-30-26(31-18-6-2-1-3-7-18)34-24(23)35(27)19-12-10-17(11-13-19)25(38)29-14-20(37)16-36/h4-5,8-9,15,17-20,36-37H,1-3,6-7,10-14,16H2,(H,29,38)(H,32,33)(H,30,31,34)/t17-,19+,20-/m0/s1. The summed E-state index contributed by atoms with van der Waals surface area (Å²) >= 11 is 0. The van der Waals surface area contributed by atoms with Gasteiger partial charge in [0, 0.05) is 24.5 Å². The van der Waals surface area contributed by atoms with Crippen molar-refractivity contribution in [3.05, 3.63) is 36.3 Å². The first-order valence-corrected chi connectivity index (χ1v) is 13.6. The van der Waals surface area contributed by atoms with E-state index < -0.39 is 12.7 Å². The Bertz CT molecular complexity index is 1240. The second-order valence-corrected chi connectivity index (χ2v) is 10.4. The van der Waals surface area contributed by atoms with Crippen molar-refractivity contribution >= 4 is 34.7 Å². The number of nitrogens with one attached hydrogen (secondary N) is 3. The molecule has 1 atom stereocenters. The molecule has 10 nitrogen and oxygen atoms in total. The topological polar surface area (TPSA) is 137 Å². The molecule has 2 fully saturated rings. The van der Waals surface area contributed by atoms with E-state index in [1.165, 1.54) is 25.3 Å². The molecule has 11 heteroatoms. The van der Waals surface area contributed by atoms with Gasteiger partial charge in [-0.1, -0.05) is 31.4 Å². The second kappa shape index (κ2) is 12.0. The molecule has 38 heavy (non-hydrogen) atoms. The highest BCUT2D eigenvalue weighted by Crippen LogP contribution is 2.37. The van der Waals surface area contributed by atoms with Gasteiger partial charge in [-0.2, -0.15) is 4.98 Å². The third-order valence-corrected chi connectivity index (χ3v) is 7.65. The van der Waals surface area contributed by atoms with E-state index in [0.717, 1.165) is 12.8 Å². The summed E-state index contributed by atoms with van der Waals surface area (Å²) in [5.74, 6) is 0.402. The number of aliphatic hydroxyl groups excluding tert-OH is 2. The highest BCUT2D eigenvalue weighted by molar-refractivity contribution is 5.79. The van der Waals surface area contributed by atoms with E-state index in [4.69, 9.17) is 15.1 Å². The number of carbonyl (C=O) groups is 1. The van der Waals surface area contributed by atoms with Gasteiger partial charge in [-0.15, -0.1) is 0 Å². The van der Waals surface area contributed by atoms with Crippen molar-refractivity contribution in [2.24, 2.45) is 5.92 Å². The van der Waals surface area contributed by atoms with Gasteiger partial charge < -0.3 is 26.2 Å². The second-order valence-electron chi connectivity index (χ2n) is 10.4. The number of fused-ring (bicyclic) bond motifs is 1. The maximum Gasteiger partial charge on any atom is 0.224 e. The Morgan fingerprint density at radius 3 is 2.58 bits per heavy atom. The predicted octanol–water partition coefficient (Wildman–Crippen LogP) is 3.65. The largest absolute Gasteiger partial charge is 0.394 e. The van der Waals surface area contributed by atoms with Gasteiger partial charge in [0.2, 0.25) is 17.8 Å². The molecule has 2 aromatic heterocycles. The van der Waals surface area contributed by atoms with Gasteiger partial charge in [-0.25, -0.2) is 14.4 Å². The molecule has 0 bridgehead atoms. The van der Waals surface area contributed by atoms with Crippen LogP contribution in [0.5, 0.6) is 0 Å². The zero-order valence-corrected chi connectivity index (χ0v) is 21.4. The molecular weight excluding hydrogens is 489 g/mol. The number of halogens is 1. The van der Waals surface area contributed by atoms with Gasteiger partial charge in [0.25, 0.3) is 0 Å². The molecule has 0 unspecified atom stereocenters. The summed E-state index contributed by atoms with van der Waals surface area (Å²) in [6.45, 7) is -0.357. The first-order chi connectivity index (χ1) is 18.5. The van der Waals surface area contributed by atoms with Crippen LogP contribution in [0.2, 0.25) is 0 Å². The Hall–Kier alpha value is -3.31. The molecule has 0 radical (unpaired) electrons. The summed E-state index contributed by atoms with van der Waals surface area (Å²) in [4.78, 5) is 26.7. The molecule has 3 aromatic rings. The van der Waals surface area contributed by atoms with Crippen molar-refractivity contribution in [2.45, 2.75) is 76.0 Å². The number of hydrogen-bond donors (Lipinski definition) is 5. The molecule has 5 rings (SSSR count). The minimum atomic E-state index is -0.962. The fourth-order valence-corrected chi connectivity index (χ4v) is 5.53. The fourth-order valence-electron chi connectivity index (χ4n) is 5.53. The van der Waals surface area contributed by atoms with Crippen LogP contribution in [0.15, 0.2) is 30.5 Å². The van der Waals surface area contributed by atoms with Crippen molar-refractivity contribution in [3.8, 4) is 0 Å². The average molecular weight is 526 g/mol. The van der Waals surface area contributed by atoms with Crippen LogP contribution in [0, 0.1) is 11.7 Å². The van der Waals surface area contributed by atoms with E-state index in [0.29, 0.717) is 60.5 Å². The molecular formula is C27H36FN7O3. The normalized spacial score (nSPS) is 21.2. The lowest BCUT2D eigenvalue weighted by Gasteiger charge is -2.30. The molecule has 204 valence electrons. The van der Waals surface area contributed by atoms with E-state index in [-0.39, 0.29) is 30.2 Å². The molecule has 0 aliphatic heterocycles. The van der Waals surface area contributed by atoms with Crippen molar-refractivity contribution in [2.75, 3.05) is 23.8 Å². The van der Waals surface area contributed by atoms with E-state index in [1.54, 1.807) is 24.4 Å². The lowest BCUT2D eigenvalue weighted by Crippen LogP contribution is -2.39. The Morgan fingerprint density at radius 1 is 1.08 bits per heavy atom. The zero-order chi connectivity index (χ0) is 26.5. The Kier molecular flexibility index (Phi) is 8.33. The van der Waals surface area contributed by atoms with Crippen LogP contribution in [0.3, 0.4) is 0 Å². The lowest BCUT2D eigenvalue weighted by molar-refractivity contribution is -0.126. The minimum Gasteiger partial charge on any atom is -0.394 e. The highest BCUT2D eigenvalue weighted by atomic mass is 19.1. The maximum atomic E-state index is 14.5. The number of aliphatic hydroxyl groups is 2. The third-order valence-electron chi connectivity index (χ3n) is 7.65. The van der Waals surface area contributed by atoms with E-state index >= 15 is 0 Å². The van der Waals surface area contributed by atoms with Crippen LogP contribution in [-0.4, -0.2) is 60.9 Å². The summed E-state index contributed by atoms with van der Waals surface area (Å²) in [7, 11) is 0. The van der Waals surface area contributed by atoms with Gasteiger partial charge in [-0.3, -0.25) is 9.36 Å². The molecule has 2 heterocycles. The highest BCUT2D eigenvalue weighted by Gasteiger charge is 2.30. The molecule has 2 aliphatic carbocycles. The Morgan fingerprint density at radius 2 is 1.84 bits per heavy atom.